The minimum absolute atomic E-state index is 0.481. The van der Waals surface area contributed by atoms with E-state index in [1.54, 1.807) is 18.3 Å². The van der Waals surface area contributed by atoms with Gasteiger partial charge in [0.1, 0.15) is 17.8 Å². The summed E-state index contributed by atoms with van der Waals surface area (Å²) in [5.41, 5.74) is 11.4. The van der Waals surface area contributed by atoms with Crippen LogP contribution in [0.25, 0.3) is 22.2 Å². The Bertz CT molecular complexity index is 1130. The number of nitrogens with zero attached hydrogens (tertiary/aromatic N) is 4. The monoisotopic (exact) mass is 450 g/mol. The van der Waals surface area contributed by atoms with Crippen LogP contribution in [0.4, 0.5) is 5.82 Å². The molecular weight excluding hydrogens is 420 g/mol. The Hall–Kier alpha value is -2.13. The van der Waals surface area contributed by atoms with Gasteiger partial charge in [0.2, 0.25) is 0 Å². The van der Waals surface area contributed by atoms with E-state index in [9.17, 15) is 0 Å². The number of benzene rings is 1. The Morgan fingerprint density at radius 3 is 2.84 bits per heavy atom. The van der Waals surface area contributed by atoms with Gasteiger partial charge in [-0.15, -0.1) is 0 Å². The number of ether oxygens (including phenoxy) is 1. The number of fused-ring (bicyclic) bond motifs is 1. The molecule has 3 aliphatic rings. The summed E-state index contributed by atoms with van der Waals surface area (Å²) in [6, 6.07) is 9.14. The number of nitrogen functional groups attached to an aromatic ring is 1. The van der Waals surface area contributed by atoms with Crippen molar-refractivity contribution in [1.82, 2.24) is 24.2 Å². The maximum absolute atomic E-state index is 6.35. The summed E-state index contributed by atoms with van der Waals surface area (Å²) in [6.07, 6.45) is 8.29. The van der Waals surface area contributed by atoms with Gasteiger partial charge in [-0.05, 0) is 42.2 Å². The quantitative estimate of drug-likeness (QED) is 0.535. The molecule has 2 aliphatic heterocycles. The molecule has 0 unspecified atom stereocenters. The van der Waals surface area contributed by atoms with Crippen molar-refractivity contribution in [3.05, 3.63) is 42.4 Å². The second-order valence-electron chi connectivity index (χ2n) is 9.79. The molecule has 1 aliphatic carbocycles. The van der Waals surface area contributed by atoms with E-state index >= 15 is 0 Å². The number of rotatable bonds is 7. The van der Waals surface area contributed by atoms with Crippen molar-refractivity contribution in [3.8, 4) is 11.1 Å². The lowest BCUT2D eigenvalue weighted by molar-refractivity contribution is -0.192. The fraction of sp³-hybridized carbons (Fsp3) is 0.500. The largest absolute Gasteiger partial charge is 0.383 e. The smallest absolute Gasteiger partial charge is 0.146 e. The summed E-state index contributed by atoms with van der Waals surface area (Å²) in [5, 5.41) is 0.973. The van der Waals surface area contributed by atoms with Crippen LogP contribution in [0.1, 0.15) is 24.4 Å². The third kappa shape index (κ3) is 3.50. The van der Waals surface area contributed by atoms with E-state index in [0.717, 1.165) is 42.3 Å². The molecule has 6 rings (SSSR count). The molecule has 3 fully saturated rings. The summed E-state index contributed by atoms with van der Waals surface area (Å²) >= 11 is 1.63. The third-order valence-corrected chi connectivity index (χ3v) is 7.79. The standard InChI is InChI=1S/C24H30N6OS/c1-32-28-8-16-3-2-4-18(5-16)20-10-30(23-21(20)22(25)26-15-27-23)19-6-17(7-19)9-29-11-24(12-29)13-31-14-24/h2-5,10,15,17,19,28H,6-9,11-14H2,1H3,(H2,25,26,27). The molecule has 8 heteroatoms. The highest BCUT2D eigenvalue weighted by molar-refractivity contribution is 7.96. The lowest BCUT2D eigenvalue weighted by atomic mass is 9.74. The van der Waals surface area contributed by atoms with Crippen LogP contribution >= 0.6 is 11.9 Å². The maximum atomic E-state index is 6.35. The molecule has 7 nitrogen and oxygen atoms in total. The summed E-state index contributed by atoms with van der Waals surface area (Å²) in [4.78, 5) is 11.6. The number of hydrogen-bond acceptors (Lipinski definition) is 7. The van der Waals surface area contributed by atoms with Gasteiger partial charge in [-0.25, -0.2) is 9.97 Å². The first-order valence-electron chi connectivity index (χ1n) is 11.4. The number of likely N-dealkylation sites (tertiary alicyclic amines) is 1. The first-order chi connectivity index (χ1) is 15.6. The summed E-state index contributed by atoms with van der Waals surface area (Å²) in [5.74, 6) is 1.32. The highest BCUT2D eigenvalue weighted by Gasteiger charge is 2.49. The first kappa shape index (κ1) is 20.5. The van der Waals surface area contributed by atoms with Crippen molar-refractivity contribution >= 4 is 28.8 Å². The van der Waals surface area contributed by atoms with Gasteiger partial charge in [-0.3, -0.25) is 4.72 Å². The predicted octanol–water partition coefficient (Wildman–Crippen LogP) is 3.33. The average Bonchev–Trinajstić information content (AvgIpc) is 3.09. The summed E-state index contributed by atoms with van der Waals surface area (Å²) < 4.78 is 11.1. The van der Waals surface area contributed by atoms with Crippen molar-refractivity contribution in [2.45, 2.75) is 25.4 Å². The second-order valence-corrected chi connectivity index (χ2v) is 10.5. The lowest BCUT2D eigenvalue weighted by Gasteiger charge is -2.56. The van der Waals surface area contributed by atoms with Gasteiger partial charge in [0.25, 0.3) is 0 Å². The van der Waals surface area contributed by atoms with Crippen LogP contribution in [0.5, 0.6) is 0 Å². The van der Waals surface area contributed by atoms with Gasteiger partial charge < -0.3 is 19.9 Å². The highest BCUT2D eigenvalue weighted by atomic mass is 32.2. The summed E-state index contributed by atoms with van der Waals surface area (Å²) in [6.45, 7) is 6.40. The molecule has 0 bridgehead atoms. The number of aromatic nitrogens is 3. The van der Waals surface area contributed by atoms with Gasteiger partial charge in [-0.1, -0.05) is 30.1 Å². The Kier molecular flexibility index (Phi) is 5.13. The Balaban J connectivity index is 1.22. The molecule has 2 aromatic heterocycles. The molecule has 2 saturated heterocycles. The van der Waals surface area contributed by atoms with E-state index in [0.29, 0.717) is 17.3 Å². The molecular formula is C24H30N6OS. The lowest BCUT2D eigenvalue weighted by Crippen LogP contribution is -2.66. The molecule has 0 atom stereocenters. The van der Waals surface area contributed by atoms with E-state index < -0.39 is 0 Å². The van der Waals surface area contributed by atoms with E-state index in [1.165, 1.54) is 43.6 Å². The van der Waals surface area contributed by atoms with Crippen LogP contribution in [0, 0.1) is 11.3 Å². The van der Waals surface area contributed by atoms with Crippen LogP contribution in [-0.2, 0) is 11.3 Å². The first-order valence-corrected chi connectivity index (χ1v) is 12.6. The van der Waals surface area contributed by atoms with Gasteiger partial charge in [0.05, 0.1) is 18.6 Å². The van der Waals surface area contributed by atoms with Crippen molar-refractivity contribution in [3.63, 3.8) is 0 Å². The number of nitrogens with two attached hydrogens (primary N) is 1. The molecule has 168 valence electrons. The van der Waals surface area contributed by atoms with E-state index in [-0.39, 0.29) is 0 Å². The molecule has 1 spiro atoms. The fourth-order valence-electron chi connectivity index (χ4n) is 5.66. The van der Waals surface area contributed by atoms with Crippen LogP contribution in [0.2, 0.25) is 0 Å². The number of anilines is 1. The van der Waals surface area contributed by atoms with Gasteiger partial charge >= 0.3 is 0 Å². The van der Waals surface area contributed by atoms with Crippen LogP contribution in [-0.4, -0.2) is 58.5 Å². The Morgan fingerprint density at radius 1 is 1.25 bits per heavy atom. The SMILES string of the molecule is CSNCc1cccc(-c2cn(C3CC(CN4CC5(COC5)C4)C3)c3ncnc(N)c23)c1. The number of nitrogens with one attached hydrogen (secondary N) is 1. The van der Waals surface area contributed by atoms with E-state index in [4.69, 9.17) is 10.5 Å². The highest BCUT2D eigenvalue weighted by Crippen LogP contribution is 2.45. The van der Waals surface area contributed by atoms with E-state index in [1.807, 2.05) is 6.26 Å². The zero-order chi connectivity index (χ0) is 21.7. The van der Waals surface area contributed by atoms with Gasteiger partial charge in [-0.2, -0.15) is 0 Å². The van der Waals surface area contributed by atoms with Crippen molar-refractivity contribution in [2.24, 2.45) is 11.3 Å². The topological polar surface area (TPSA) is 81.2 Å². The predicted molar refractivity (Wildman–Crippen MR) is 129 cm³/mol. The molecule has 32 heavy (non-hydrogen) atoms. The molecule has 4 heterocycles. The molecule has 0 radical (unpaired) electrons. The minimum atomic E-state index is 0.481. The normalized spacial score (nSPS) is 24.3. The molecule has 1 aromatic carbocycles. The summed E-state index contributed by atoms with van der Waals surface area (Å²) in [7, 11) is 0. The number of hydrogen-bond donors (Lipinski definition) is 2. The maximum Gasteiger partial charge on any atom is 0.146 e. The molecule has 3 N–H and O–H groups in total. The third-order valence-electron chi connectivity index (χ3n) is 7.35. The van der Waals surface area contributed by atoms with Crippen LogP contribution < -0.4 is 10.5 Å². The van der Waals surface area contributed by atoms with Crippen molar-refractivity contribution < 1.29 is 4.74 Å². The van der Waals surface area contributed by atoms with Crippen LogP contribution in [0.15, 0.2) is 36.8 Å². The fourth-order valence-corrected chi connectivity index (χ4v) is 5.97. The Morgan fingerprint density at radius 2 is 2.09 bits per heavy atom. The molecule has 3 aromatic rings. The van der Waals surface area contributed by atoms with E-state index in [2.05, 4.69) is 54.6 Å². The molecule has 1 saturated carbocycles. The minimum Gasteiger partial charge on any atom is -0.383 e. The second kappa shape index (κ2) is 8.02. The van der Waals surface area contributed by atoms with Gasteiger partial charge in [0, 0.05) is 49.4 Å². The zero-order valence-corrected chi connectivity index (χ0v) is 19.3. The average molecular weight is 451 g/mol. The zero-order valence-electron chi connectivity index (χ0n) is 18.5. The van der Waals surface area contributed by atoms with Crippen molar-refractivity contribution in [1.29, 1.82) is 0 Å². The van der Waals surface area contributed by atoms with Crippen LogP contribution in [0.3, 0.4) is 0 Å². The molecule has 0 amide bonds. The Labute approximate surface area is 192 Å². The van der Waals surface area contributed by atoms with Gasteiger partial charge in [0.15, 0.2) is 0 Å². The van der Waals surface area contributed by atoms with Crippen molar-refractivity contribution in [2.75, 3.05) is 44.8 Å².